The molecule has 5 heteroatoms. The lowest BCUT2D eigenvalue weighted by Crippen LogP contribution is -2.34. The highest BCUT2D eigenvalue weighted by molar-refractivity contribution is 6.47. The van der Waals surface area contributed by atoms with Crippen molar-refractivity contribution in [3.63, 3.8) is 0 Å². The molecule has 132 valence electrons. The summed E-state index contributed by atoms with van der Waals surface area (Å²) in [4.78, 5) is 17.4. The molecule has 0 spiro atoms. The van der Waals surface area contributed by atoms with E-state index < -0.39 is 0 Å². The van der Waals surface area contributed by atoms with Crippen LogP contribution in [0.15, 0.2) is 59.7 Å². The van der Waals surface area contributed by atoms with Crippen molar-refractivity contribution in [2.24, 2.45) is 4.99 Å². The first kappa shape index (κ1) is 16.9. The fourth-order valence-corrected chi connectivity index (χ4v) is 3.55. The molecule has 1 aliphatic heterocycles. The number of para-hydroxylation sites is 1. The molecule has 0 fully saturated rings. The Hall–Kier alpha value is -2.59. The zero-order valence-corrected chi connectivity index (χ0v) is 15.3. The lowest BCUT2D eigenvalue weighted by molar-refractivity contribution is 0.106. The van der Waals surface area contributed by atoms with Crippen LogP contribution in [0.5, 0.6) is 0 Å². The van der Waals surface area contributed by atoms with Gasteiger partial charge in [0.1, 0.15) is 0 Å². The second-order valence-electron chi connectivity index (χ2n) is 6.55. The van der Waals surface area contributed by atoms with Gasteiger partial charge < -0.3 is 9.88 Å². The Morgan fingerprint density at radius 2 is 2.00 bits per heavy atom. The Morgan fingerprint density at radius 1 is 1.23 bits per heavy atom. The molecule has 4 rings (SSSR count). The normalized spacial score (nSPS) is 16.5. The number of amidine groups is 1. The van der Waals surface area contributed by atoms with E-state index in [9.17, 15) is 4.79 Å². The average molecular weight is 366 g/mol. The smallest absolute Gasteiger partial charge is 0.229 e. The monoisotopic (exact) mass is 365 g/mol. The van der Waals surface area contributed by atoms with Gasteiger partial charge in [0.05, 0.1) is 12.1 Å². The number of carbonyl (C=O) groups excluding carboxylic acids is 1. The zero-order valence-electron chi connectivity index (χ0n) is 14.6. The maximum absolute atomic E-state index is 13.0. The highest BCUT2D eigenvalue weighted by atomic mass is 35.5. The molecule has 1 aliphatic rings. The molecular formula is C21H20ClN3O. The van der Waals surface area contributed by atoms with Crippen LogP contribution in [0.2, 0.25) is 5.02 Å². The van der Waals surface area contributed by atoms with Crippen molar-refractivity contribution in [3.8, 4) is 0 Å². The van der Waals surface area contributed by atoms with Crippen molar-refractivity contribution in [1.82, 2.24) is 9.88 Å². The molecule has 0 bridgehead atoms. The molecule has 2 heterocycles. The van der Waals surface area contributed by atoms with Gasteiger partial charge in [-0.25, -0.2) is 0 Å². The molecule has 1 aromatic heterocycles. The maximum Gasteiger partial charge on any atom is 0.229 e. The molecule has 3 aromatic rings. The highest BCUT2D eigenvalue weighted by Gasteiger charge is 2.25. The molecule has 1 atom stereocenters. The number of nitrogens with zero attached hydrogens (tertiary/aromatic N) is 2. The number of rotatable bonds is 5. The van der Waals surface area contributed by atoms with Crippen molar-refractivity contribution >= 4 is 34.1 Å². The van der Waals surface area contributed by atoms with Crippen LogP contribution in [0.25, 0.3) is 10.9 Å². The van der Waals surface area contributed by atoms with Crippen LogP contribution >= 0.6 is 11.6 Å². The molecule has 0 radical (unpaired) electrons. The molecular weight excluding hydrogens is 346 g/mol. The maximum atomic E-state index is 13.0. The number of fused-ring (bicyclic) bond motifs is 1. The van der Waals surface area contributed by atoms with Gasteiger partial charge in [0.15, 0.2) is 5.84 Å². The fraction of sp³-hybridized carbons (Fsp3) is 0.238. The second-order valence-corrected chi connectivity index (χ2v) is 6.95. The molecule has 0 saturated carbocycles. The molecule has 0 aliphatic carbocycles. The standard InChI is InChI=1S/C21H20ClN3O/c1-2-15-11-23-21(24-15)20(26)17-13-25(19-10-6-4-8-16(17)19)12-14-7-3-5-9-18(14)22/h3-10,13,15H,2,11-12H2,1H3,(H,23,24). The largest absolute Gasteiger partial charge is 0.363 e. The summed E-state index contributed by atoms with van der Waals surface area (Å²) in [5.41, 5.74) is 2.72. The third-order valence-electron chi connectivity index (χ3n) is 4.85. The number of Topliss-reactive ketones (excluding diaryl/α,β-unsaturated/α-hetero) is 1. The number of halogens is 1. The van der Waals surface area contributed by atoms with Crippen LogP contribution in [0.3, 0.4) is 0 Å². The van der Waals surface area contributed by atoms with Crippen molar-refractivity contribution in [2.75, 3.05) is 6.54 Å². The summed E-state index contributed by atoms with van der Waals surface area (Å²) < 4.78 is 2.08. The predicted octanol–water partition coefficient (Wildman–Crippen LogP) is 4.31. The third kappa shape index (κ3) is 3.01. The third-order valence-corrected chi connectivity index (χ3v) is 5.22. The first-order valence-corrected chi connectivity index (χ1v) is 9.22. The number of ketones is 1. The fourth-order valence-electron chi connectivity index (χ4n) is 3.35. The SMILES string of the molecule is CCC1CN=C(C(=O)c2cn(Cc3ccccc3Cl)c3ccccc23)N1. The minimum absolute atomic E-state index is 0.0462. The average Bonchev–Trinajstić information content (AvgIpc) is 3.28. The lowest BCUT2D eigenvalue weighted by atomic mass is 10.1. The summed E-state index contributed by atoms with van der Waals surface area (Å²) in [7, 11) is 0. The van der Waals surface area contributed by atoms with Crippen LogP contribution in [0, 0.1) is 0 Å². The van der Waals surface area contributed by atoms with Gasteiger partial charge >= 0.3 is 0 Å². The topological polar surface area (TPSA) is 46.4 Å². The van der Waals surface area contributed by atoms with Crippen LogP contribution in [0.4, 0.5) is 0 Å². The van der Waals surface area contributed by atoms with E-state index >= 15 is 0 Å². The summed E-state index contributed by atoms with van der Waals surface area (Å²) in [6, 6.07) is 16.0. The number of aliphatic imine (C=N–C) groups is 1. The summed E-state index contributed by atoms with van der Waals surface area (Å²) in [6.45, 7) is 3.37. The quantitative estimate of drug-likeness (QED) is 0.685. The van der Waals surface area contributed by atoms with Gasteiger partial charge in [0.25, 0.3) is 0 Å². The number of carbonyl (C=O) groups is 1. The lowest BCUT2D eigenvalue weighted by Gasteiger charge is -2.07. The van der Waals surface area contributed by atoms with Crippen LogP contribution < -0.4 is 5.32 Å². The van der Waals surface area contributed by atoms with Gasteiger partial charge in [-0.3, -0.25) is 9.79 Å². The van der Waals surface area contributed by atoms with Crippen molar-refractivity contribution in [1.29, 1.82) is 0 Å². The molecule has 0 saturated heterocycles. The summed E-state index contributed by atoms with van der Waals surface area (Å²) in [6.07, 6.45) is 2.87. The van der Waals surface area contributed by atoms with Crippen molar-refractivity contribution in [3.05, 3.63) is 70.9 Å². The Bertz CT molecular complexity index is 1010. The van der Waals surface area contributed by atoms with Crippen molar-refractivity contribution < 1.29 is 4.79 Å². The Kier molecular flexibility index (Phi) is 4.51. The van der Waals surface area contributed by atoms with E-state index in [2.05, 4.69) is 21.8 Å². The summed E-state index contributed by atoms with van der Waals surface area (Å²) in [5.74, 6) is 0.424. The number of hydrogen-bond donors (Lipinski definition) is 1. The minimum Gasteiger partial charge on any atom is -0.363 e. The Morgan fingerprint density at radius 3 is 2.77 bits per heavy atom. The molecule has 4 nitrogen and oxygen atoms in total. The Labute approximate surface area is 157 Å². The first-order chi connectivity index (χ1) is 12.7. The van der Waals surface area contributed by atoms with Gasteiger partial charge in [0.2, 0.25) is 5.78 Å². The minimum atomic E-state index is -0.0462. The van der Waals surface area contributed by atoms with Gasteiger partial charge in [-0.15, -0.1) is 0 Å². The number of benzene rings is 2. The summed E-state index contributed by atoms with van der Waals surface area (Å²) in [5, 5.41) is 4.91. The van der Waals surface area contributed by atoms with Crippen LogP contribution in [0.1, 0.15) is 29.3 Å². The number of hydrogen-bond acceptors (Lipinski definition) is 3. The second kappa shape index (κ2) is 6.96. The van der Waals surface area contributed by atoms with E-state index in [0.29, 0.717) is 24.5 Å². The van der Waals surface area contributed by atoms with E-state index in [4.69, 9.17) is 11.6 Å². The van der Waals surface area contributed by atoms with E-state index in [1.807, 2.05) is 54.7 Å². The van der Waals surface area contributed by atoms with E-state index in [1.165, 1.54) is 0 Å². The zero-order chi connectivity index (χ0) is 18.1. The highest BCUT2D eigenvalue weighted by Crippen LogP contribution is 2.25. The van der Waals surface area contributed by atoms with Crippen LogP contribution in [-0.2, 0) is 6.54 Å². The number of aromatic nitrogens is 1. The van der Waals surface area contributed by atoms with E-state index in [0.717, 1.165) is 27.9 Å². The van der Waals surface area contributed by atoms with Gasteiger partial charge in [0, 0.05) is 34.7 Å². The first-order valence-electron chi connectivity index (χ1n) is 8.84. The van der Waals surface area contributed by atoms with Crippen LogP contribution in [-0.4, -0.2) is 28.8 Å². The molecule has 2 aromatic carbocycles. The van der Waals surface area contributed by atoms with Gasteiger partial charge in [-0.05, 0) is 24.1 Å². The molecule has 26 heavy (non-hydrogen) atoms. The predicted molar refractivity (Wildman–Crippen MR) is 106 cm³/mol. The van der Waals surface area contributed by atoms with Gasteiger partial charge in [-0.1, -0.05) is 54.9 Å². The van der Waals surface area contributed by atoms with E-state index in [1.54, 1.807) is 0 Å². The molecule has 1 unspecified atom stereocenters. The number of nitrogens with one attached hydrogen (secondary N) is 1. The molecule has 0 amide bonds. The van der Waals surface area contributed by atoms with Gasteiger partial charge in [-0.2, -0.15) is 0 Å². The molecule has 1 N–H and O–H groups in total. The van der Waals surface area contributed by atoms with Crippen molar-refractivity contribution in [2.45, 2.75) is 25.9 Å². The summed E-state index contributed by atoms with van der Waals surface area (Å²) >= 11 is 6.32. The van der Waals surface area contributed by atoms with E-state index in [-0.39, 0.29) is 11.8 Å². The Balaban J connectivity index is 1.73.